The van der Waals surface area contributed by atoms with Crippen LogP contribution in [-0.2, 0) is 19.1 Å². The van der Waals surface area contributed by atoms with E-state index in [1.807, 2.05) is 6.92 Å². The van der Waals surface area contributed by atoms with E-state index in [0.717, 1.165) is 25.7 Å². The molecule has 0 aromatic carbocycles. The summed E-state index contributed by atoms with van der Waals surface area (Å²) in [5, 5.41) is 5.41. The maximum Gasteiger partial charge on any atom is 0.308 e. The SMILES string of the molecule is C#CCOC(=O)CCNC(=O)CCCCCCC(=O)NCC. The molecule has 0 saturated carbocycles. The second kappa shape index (κ2) is 13.9. The highest BCUT2D eigenvalue weighted by atomic mass is 16.5. The zero-order valence-corrected chi connectivity index (χ0v) is 13.3. The quantitative estimate of drug-likeness (QED) is 0.322. The first-order valence-corrected chi connectivity index (χ1v) is 7.72. The van der Waals surface area contributed by atoms with Crippen LogP contribution in [0.1, 0.15) is 51.9 Å². The predicted octanol–water partition coefficient (Wildman–Crippen LogP) is 1.15. The Morgan fingerprint density at radius 2 is 1.55 bits per heavy atom. The number of terminal acetylenes is 1. The van der Waals surface area contributed by atoms with E-state index in [1.54, 1.807) is 0 Å². The van der Waals surface area contributed by atoms with Crippen molar-refractivity contribution in [2.45, 2.75) is 51.9 Å². The summed E-state index contributed by atoms with van der Waals surface area (Å²) in [4.78, 5) is 33.8. The summed E-state index contributed by atoms with van der Waals surface area (Å²) in [6.07, 6.45) is 9.52. The smallest absolute Gasteiger partial charge is 0.308 e. The third-order valence-corrected chi connectivity index (χ3v) is 2.90. The highest BCUT2D eigenvalue weighted by Gasteiger charge is 2.05. The molecule has 0 fully saturated rings. The number of nitrogens with one attached hydrogen (secondary N) is 2. The van der Waals surface area contributed by atoms with Gasteiger partial charge in [-0.1, -0.05) is 18.8 Å². The summed E-state index contributed by atoms with van der Waals surface area (Å²) in [6.45, 7) is 2.78. The van der Waals surface area contributed by atoms with Crippen molar-refractivity contribution in [1.29, 1.82) is 0 Å². The van der Waals surface area contributed by atoms with Gasteiger partial charge in [-0.15, -0.1) is 6.42 Å². The van der Waals surface area contributed by atoms with Gasteiger partial charge in [0.15, 0.2) is 6.61 Å². The van der Waals surface area contributed by atoms with Crippen molar-refractivity contribution >= 4 is 17.8 Å². The Balaban J connectivity index is 3.41. The fraction of sp³-hybridized carbons (Fsp3) is 0.688. The van der Waals surface area contributed by atoms with Gasteiger partial charge in [0.05, 0.1) is 6.42 Å². The zero-order valence-electron chi connectivity index (χ0n) is 13.3. The number of hydrogen-bond acceptors (Lipinski definition) is 4. The third kappa shape index (κ3) is 13.0. The van der Waals surface area contributed by atoms with Crippen LogP contribution in [0.3, 0.4) is 0 Å². The maximum absolute atomic E-state index is 11.5. The van der Waals surface area contributed by atoms with E-state index >= 15 is 0 Å². The number of rotatable bonds is 12. The molecule has 0 heterocycles. The van der Waals surface area contributed by atoms with E-state index in [0.29, 0.717) is 19.4 Å². The Morgan fingerprint density at radius 3 is 2.09 bits per heavy atom. The van der Waals surface area contributed by atoms with Gasteiger partial charge in [-0.05, 0) is 19.8 Å². The van der Waals surface area contributed by atoms with Crippen LogP contribution < -0.4 is 10.6 Å². The molecule has 0 bridgehead atoms. The van der Waals surface area contributed by atoms with Crippen LogP contribution in [0.2, 0.25) is 0 Å². The summed E-state index contributed by atoms with van der Waals surface area (Å²) in [7, 11) is 0. The number of esters is 1. The van der Waals surface area contributed by atoms with Gasteiger partial charge in [0.1, 0.15) is 0 Å². The van der Waals surface area contributed by atoms with Gasteiger partial charge in [0.25, 0.3) is 0 Å². The van der Waals surface area contributed by atoms with Crippen molar-refractivity contribution in [2.75, 3.05) is 19.7 Å². The zero-order chi connectivity index (χ0) is 16.6. The average Bonchev–Trinajstić information content (AvgIpc) is 2.49. The average molecular weight is 310 g/mol. The fourth-order valence-electron chi connectivity index (χ4n) is 1.80. The maximum atomic E-state index is 11.5. The van der Waals surface area contributed by atoms with E-state index in [4.69, 9.17) is 6.42 Å². The molecule has 0 radical (unpaired) electrons. The molecule has 0 spiro atoms. The number of unbranched alkanes of at least 4 members (excludes halogenated alkanes) is 3. The first-order chi connectivity index (χ1) is 10.6. The van der Waals surface area contributed by atoms with Gasteiger partial charge >= 0.3 is 5.97 Å². The lowest BCUT2D eigenvalue weighted by atomic mass is 10.1. The first kappa shape index (κ1) is 20.0. The predicted molar refractivity (Wildman–Crippen MR) is 83.8 cm³/mol. The highest BCUT2D eigenvalue weighted by Crippen LogP contribution is 2.05. The minimum absolute atomic E-state index is 0.0386. The Kier molecular flexibility index (Phi) is 12.6. The molecule has 0 rings (SSSR count). The summed E-state index contributed by atoms with van der Waals surface area (Å²) in [5.74, 6) is 1.79. The molecule has 124 valence electrons. The van der Waals surface area contributed by atoms with Crippen LogP contribution in [0, 0.1) is 12.3 Å². The van der Waals surface area contributed by atoms with Crippen LogP contribution in [0.15, 0.2) is 0 Å². The molecule has 0 aliphatic heterocycles. The van der Waals surface area contributed by atoms with Crippen molar-refractivity contribution in [1.82, 2.24) is 10.6 Å². The lowest BCUT2D eigenvalue weighted by Crippen LogP contribution is -2.26. The van der Waals surface area contributed by atoms with Crippen molar-refractivity contribution in [3.63, 3.8) is 0 Å². The fourth-order valence-corrected chi connectivity index (χ4v) is 1.80. The molecule has 2 N–H and O–H groups in total. The number of hydrogen-bond donors (Lipinski definition) is 2. The summed E-state index contributed by atoms with van der Waals surface area (Å²) in [6, 6.07) is 0. The number of amides is 2. The van der Waals surface area contributed by atoms with E-state index in [-0.39, 0.29) is 31.4 Å². The van der Waals surface area contributed by atoms with E-state index in [2.05, 4.69) is 21.3 Å². The van der Waals surface area contributed by atoms with E-state index in [9.17, 15) is 14.4 Å². The lowest BCUT2D eigenvalue weighted by Gasteiger charge is -2.05. The third-order valence-electron chi connectivity index (χ3n) is 2.90. The largest absolute Gasteiger partial charge is 0.452 e. The van der Waals surface area contributed by atoms with Crippen LogP contribution in [0.4, 0.5) is 0 Å². The van der Waals surface area contributed by atoms with Crippen molar-refractivity contribution < 1.29 is 19.1 Å². The summed E-state index contributed by atoms with van der Waals surface area (Å²) >= 11 is 0. The van der Waals surface area contributed by atoms with Gasteiger partial charge in [0, 0.05) is 25.9 Å². The van der Waals surface area contributed by atoms with Gasteiger partial charge in [0.2, 0.25) is 11.8 Å². The van der Waals surface area contributed by atoms with Gasteiger partial charge < -0.3 is 15.4 Å². The first-order valence-electron chi connectivity index (χ1n) is 7.72. The Morgan fingerprint density at radius 1 is 0.955 bits per heavy atom. The molecular formula is C16H26N2O4. The Bertz CT molecular complexity index is 388. The molecule has 0 aliphatic rings. The van der Waals surface area contributed by atoms with Crippen molar-refractivity contribution in [3.05, 3.63) is 0 Å². The highest BCUT2D eigenvalue weighted by molar-refractivity contribution is 5.77. The molecule has 0 aromatic heterocycles. The molecule has 0 saturated heterocycles. The molecule has 0 aromatic rings. The summed E-state index contributed by atoms with van der Waals surface area (Å²) in [5.41, 5.74) is 0. The molecule has 0 atom stereocenters. The molecule has 0 aliphatic carbocycles. The monoisotopic (exact) mass is 310 g/mol. The number of carbonyl (C=O) groups is 3. The standard InChI is InChI=1S/C16H26N2O4/c1-3-13-22-16(21)11-12-18-15(20)10-8-6-5-7-9-14(19)17-4-2/h1H,4-13H2,2H3,(H,17,19)(H,18,20). The number of ether oxygens (including phenoxy) is 1. The van der Waals surface area contributed by atoms with Crippen LogP contribution >= 0.6 is 0 Å². The van der Waals surface area contributed by atoms with Crippen molar-refractivity contribution in [3.8, 4) is 12.3 Å². The second-order valence-corrected chi connectivity index (χ2v) is 4.83. The molecular weight excluding hydrogens is 284 g/mol. The van der Waals surface area contributed by atoms with Gasteiger partial charge in [-0.3, -0.25) is 14.4 Å². The Hall–Kier alpha value is -2.03. The van der Waals surface area contributed by atoms with E-state index < -0.39 is 5.97 Å². The second-order valence-electron chi connectivity index (χ2n) is 4.83. The summed E-state index contributed by atoms with van der Waals surface area (Å²) < 4.78 is 4.68. The molecule has 6 heteroatoms. The normalized spacial score (nSPS) is 9.64. The van der Waals surface area contributed by atoms with Gasteiger partial charge in [-0.25, -0.2) is 0 Å². The topological polar surface area (TPSA) is 84.5 Å². The lowest BCUT2D eigenvalue weighted by molar-refractivity contribution is -0.142. The Labute approximate surface area is 132 Å². The minimum atomic E-state index is -0.413. The van der Waals surface area contributed by atoms with Gasteiger partial charge in [-0.2, -0.15) is 0 Å². The minimum Gasteiger partial charge on any atom is -0.452 e. The number of carbonyl (C=O) groups excluding carboxylic acids is 3. The molecule has 22 heavy (non-hydrogen) atoms. The van der Waals surface area contributed by atoms with Crippen LogP contribution in [-0.4, -0.2) is 37.5 Å². The molecule has 6 nitrogen and oxygen atoms in total. The van der Waals surface area contributed by atoms with E-state index in [1.165, 1.54) is 0 Å². The van der Waals surface area contributed by atoms with Crippen LogP contribution in [0.5, 0.6) is 0 Å². The van der Waals surface area contributed by atoms with Crippen molar-refractivity contribution in [2.24, 2.45) is 0 Å². The van der Waals surface area contributed by atoms with Crippen LogP contribution in [0.25, 0.3) is 0 Å². The molecule has 0 unspecified atom stereocenters. The molecule has 2 amide bonds.